The van der Waals surface area contributed by atoms with Gasteiger partial charge in [0.2, 0.25) is 0 Å². The van der Waals surface area contributed by atoms with Crippen LogP contribution in [0.25, 0.3) is 0 Å². The number of nitrogens with zero attached hydrogens (tertiary/aromatic N) is 1. The third kappa shape index (κ3) is 3.00. The first-order valence-corrected chi connectivity index (χ1v) is 6.55. The number of benzene rings is 1. The molecule has 0 heterocycles. The molecule has 1 aliphatic carbocycles. The summed E-state index contributed by atoms with van der Waals surface area (Å²) < 4.78 is 0. The fourth-order valence-electron chi connectivity index (χ4n) is 2.68. The maximum atomic E-state index is 10.7. The fourth-order valence-corrected chi connectivity index (χ4v) is 2.68. The number of nitro groups is 1. The number of hydrogen-bond donors (Lipinski definition) is 1. The van der Waals surface area contributed by atoms with Crippen LogP contribution in [0.4, 0.5) is 11.4 Å². The smallest absolute Gasteiger partial charge is 0.271 e. The van der Waals surface area contributed by atoms with E-state index in [9.17, 15) is 10.1 Å². The van der Waals surface area contributed by atoms with Crippen molar-refractivity contribution in [1.82, 2.24) is 0 Å². The van der Waals surface area contributed by atoms with Crippen molar-refractivity contribution in [3.05, 3.63) is 33.9 Å². The quantitative estimate of drug-likeness (QED) is 0.652. The molecule has 2 atom stereocenters. The van der Waals surface area contributed by atoms with Gasteiger partial charge in [0.25, 0.3) is 5.69 Å². The molecule has 0 aromatic heterocycles. The molecule has 0 bridgehead atoms. The second-order valence-corrected chi connectivity index (χ2v) is 5.42. The van der Waals surface area contributed by atoms with Gasteiger partial charge >= 0.3 is 0 Å². The summed E-state index contributed by atoms with van der Waals surface area (Å²) in [6.45, 7) is 5.19. The summed E-state index contributed by atoms with van der Waals surface area (Å²) in [7, 11) is 0. The molecule has 1 saturated carbocycles. The van der Waals surface area contributed by atoms with Crippen molar-refractivity contribution in [3.8, 4) is 0 Å². The van der Waals surface area contributed by atoms with Gasteiger partial charge in [-0.3, -0.25) is 10.1 Å². The molecule has 0 radical (unpaired) electrons. The Morgan fingerprint density at radius 1 is 1.44 bits per heavy atom. The highest BCUT2D eigenvalue weighted by atomic mass is 16.6. The topological polar surface area (TPSA) is 55.2 Å². The molecule has 2 rings (SSSR count). The van der Waals surface area contributed by atoms with Gasteiger partial charge < -0.3 is 5.32 Å². The summed E-state index contributed by atoms with van der Waals surface area (Å²) in [6.07, 6.45) is 3.84. The number of nitrogens with one attached hydrogen (secondary N) is 1. The second-order valence-electron chi connectivity index (χ2n) is 5.42. The van der Waals surface area contributed by atoms with E-state index >= 15 is 0 Å². The molecule has 1 N–H and O–H groups in total. The van der Waals surface area contributed by atoms with Crippen molar-refractivity contribution in [3.63, 3.8) is 0 Å². The van der Waals surface area contributed by atoms with Gasteiger partial charge in [0.1, 0.15) is 0 Å². The highest BCUT2D eigenvalue weighted by molar-refractivity contribution is 5.56. The largest absolute Gasteiger partial charge is 0.384 e. The number of rotatable bonds is 4. The zero-order chi connectivity index (χ0) is 13.1. The first-order chi connectivity index (χ1) is 8.56. The molecule has 0 aliphatic heterocycles. The summed E-state index contributed by atoms with van der Waals surface area (Å²) in [4.78, 5) is 10.4. The minimum Gasteiger partial charge on any atom is -0.384 e. The van der Waals surface area contributed by atoms with E-state index in [-0.39, 0.29) is 10.6 Å². The van der Waals surface area contributed by atoms with Gasteiger partial charge in [-0.2, -0.15) is 0 Å². The molecule has 4 nitrogen and oxygen atoms in total. The van der Waals surface area contributed by atoms with Crippen LogP contribution >= 0.6 is 0 Å². The molecule has 98 valence electrons. The van der Waals surface area contributed by atoms with Crippen LogP contribution in [0.1, 0.15) is 31.7 Å². The van der Waals surface area contributed by atoms with Crippen LogP contribution in [0.3, 0.4) is 0 Å². The zero-order valence-corrected chi connectivity index (χ0v) is 11.0. The average molecular weight is 248 g/mol. The van der Waals surface area contributed by atoms with Crippen LogP contribution in [0, 0.1) is 28.9 Å². The van der Waals surface area contributed by atoms with Crippen LogP contribution in [0.15, 0.2) is 18.2 Å². The minimum atomic E-state index is -0.345. The van der Waals surface area contributed by atoms with Gasteiger partial charge in [-0.1, -0.05) is 19.4 Å². The number of non-ortho nitro benzene ring substituents is 1. The molecular formula is C14H20N2O2. The van der Waals surface area contributed by atoms with Crippen molar-refractivity contribution >= 4 is 11.4 Å². The highest BCUT2D eigenvalue weighted by Crippen LogP contribution is 2.31. The first kappa shape index (κ1) is 12.9. The monoisotopic (exact) mass is 248 g/mol. The van der Waals surface area contributed by atoms with Gasteiger partial charge in [-0.25, -0.2) is 0 Å². The molecule has 18 heavy (non-hydrogen) atoms. The number of anilines is 1. The predicted molar refractivity (Wildman–Crippen MR) is 72.8 cm³/mol. The molecule has 1 aromatic carbocycles. The maximum absolute atomic E-state index is 10.7. The summed E-state index contributed by atoms with van der Waals surface area (Å²) >= 11 is 0. The SMILES string of the molecule is Cc1ccc([N+](=O)[O-])cc1NCC1CCC(C)C1. The van der Waals surface area contributed by atoms with Crippen molar-refractivity contribution in [2.75, 3.05) is 11.9 Å². The molecule has 4 heteroatoms. The summed E-state index contributed by atoms with van der Waals surface area (Å²) in [5.41, 5.74) is 2.11. The van der Waals surface area contributed by atoms with Gasteiger partial charge in [0, 0.05) is 24.4 Å². The lowest BCUT2D eigenvalue weighted by Gasteiger charge is -2.14. The van der Waals surface area contributed by atoms with Gasteiger partial charge in [-0.05, 0) is 37.2 Å². The van der Waals surface area contributed by atoms with E-state index in [1.807, 2.05) is 6.92 Å². The van der Waals surface area contributed by atoms with Crippen LogP contribution in [-0.4, -0.2) is 11.5 Å². The molecule has 1 fully saturated rings. The molecule has 0 saturated heterocycles. The van der Waals surface area contributed by atoms with Crippen LogP contribution in [0.2, 0.25) is 0 Å². The molecule has 0 spiro atoms. The standard InChI is InChI=1S/C14H20N2O2/c1-10-3-5-12(7-10)9-15-14-8-13(16(17)18)6-4-11(14)2/h4,6,8,10,12,15H,3,5,7,9H2,1-2H3. The zero-order valence-electron chi connectivity index (χ0n) is 11.0. The molecular weight excluding hydrogens is 228 g/mol. The van der Waals surface area contributed by atoms with Gasteiger partial charge in [0.05, 0.1) is 4.92 Å². The third-order valence-corrected chi connectivity index (χ3v) is 3.82. The lowest BCUT2D eigenvalue weighted by molar-refractivity contribution is -0.384. The van der Waals surface area contributed by atoms with E-state index in [1.54, 1.807) is 18.2 Å². The van der Waals surface area contributed by atoms with E-state index in [0.29, 0.717) is 5.92 Å². The van der Waals surface area contributed by atoms with E-state index in [2.05, 4.69) is 12.2 Å². The molecule has 0 amide bonds. The van der Waals surface area contributed by atoms with E-state index < -0.39 is 0 Å². The van der Waals surface area contributed by atoms with Crippen LogP contribution < -0.4 is 5.32 Å². The van der Waals surface area contributed by atoms with E-state index in [0.717, 1.165) is 23.7 Å². The summed E-state index contributed by atoms with van der Waals surface area (Å²) in [6, 6.07) is 4.99. The summed E-state index contributed by atoms with van der Waals surface area (Å²) in [5.74, 6) is 1.53. The van der Waals surface area contributed by atoms with Crippen molar-refractivity contribution < 1.29 is 4.92 Å². The Kier molecular flexibility index (Phi) is 3.84. The van der Waals surface area contributed by atoms with E-state index in [1.165, 1.54) is 19.3 Å². The lowest BCUT2D eigenvalue weighted by atomic mass is 10.1. The van der Waals surface area contributed by atoms with Crippen LogP contribution in [0.5, 0.6) is 0 Å². The van der Waals surface area contributed by atoms with Gasteiger partial charge in [-0.15, -0.1) is 0 Å². The number of aryl methyl sites for hydroxylation is 1. The Balaban J connectivity index is 2.00. The van der Waals surface area contributed by atoms with Crippen molar-refractivity contribution in [2.24, 2.45) is 11.8 Å². The first-order valence-electron chi connectivity index (χ1n) is 6.55. The van der Waals surface area contributed by atoms with E-state index in [4.69, 9.17) is 0 Å². The Hall–Kier alpha value is -1.58. The average Bonchev–Trinajstić information content (AvgIpc) is 2.74. The molecule has 2 unspecified atom stereocenters. The Morgan fingerprint density at radius 2 is 2.22 bits per heavy atom. The third-order valence-electron chi connectivity index (χ3n) is 3.82. The lowest BCUT2D eigenvalue weighted by Crippen LogP contribution is -2.12. The Bertz CT molecular complexity index is 445. The predicted octanol–water partition coefficient (Wildman–Crippen LogP) is 3.75. The fraction of sp³-hybridized carbons (Fsp3) is 0.571. The van der Waals surface area contributed by atoms with Crippen molar-refractivity contribution in [2.45, 2.75) is 33.1 Å². The Labute approximate surface area is 108 Å². The number of nitro benzene ring substituents is 1. The molecule has 1 aliphatic rings. The highest BCUT2D eigenvalue weighted by Gasteiger charge is 2.21. The van der Waals surface area contributed by atoms with Gasteiger partial charge in [0.15, 0.2) is 0 Å². The normalized spacial score (nSPS) is 23.0. The minimum absolute atomic E-state index is 0.155. The maximum Gasteiger partial charge on any atom is 0.271 e. The Morgan fingerprint density at radius 3 is 2.83 bits per heavy atom. The summed E-state index contributed by atoms with van der Waals surface area (Å²) in [5, 5.41) is 14.1. The van der Waals surface area contributed by atoms with Crippen molar-refractivity contribution in [1.29, 1.82) is 0 Å². The second kappa shape index (κ2) is 5.38. The van der Waals surface area contributed by atoms with Crippen LogP contribution in [-0.2, 0) is 0 Å². The number of hydrogen-bond acceptors (Lipinski definition) is 3. The molecule has 1 aromatic rings.